The second kappa shape index (κ2) is 4.37. The average Bonchev–Trinajstić information content (AvgIpc) is 2.83. The highest BCUT2D eigenvalue weighted by Crippen LogP contribution is 2.22. The average molecular weight is 213 g/mol. The van der Waals surface area contributed by atoms with E-state index in [0.717, 1.165) is 26.1 Å². The number of carbonyl (C=O) groups is 1. The lowest BCUT2D eigenvalue weighted by molar-refractivity contribution is 0.144. The van der Waals surface area contributed by atoms with E-state index in [0.29, 0.717) is 19.2 Å². The molecule has 86 valence electrons. The van der Waals surface area contributed by atoms with Crippen molar-refractivity contribution in [2.45, 2.75) is 25.4 Å². The molecule has 2 unspecified atom stereocenters. The highest BCUT2D eigenvalue weighted by atomic mass is 16.6. The van der Waals surface area contributed by atoms with Crippen LogP contribution in [0.2, 0.25) is 0 Å². The summed E-state index contributed by atoms with van der Waals surface area (Å²) >= 11 is 0. The van der Waals surface area contributed by atoms with Gasteiger partial charge in [0.1, 0.15) is 6.61 Å². The third kappa shape index (κ3) is 1.94. The lowest BCUT2D eigenvalue weighted by atomic mass is 10.2. The topological polar surface area (TPSA) is 58.8 Å². The summed E-state index contributed by atoms with van der Waals surface area (Å²) in [5.74, 6) is 0. The van der Waals surface area contributed by atoms with Crippen LogP contribution in [0.4, 0.5) is 4.79 Å². The molecule has 0 spiro atoms. The van der Waals surface area contributed by atoms with Crippen LogP contribution in [0.1, 0.15) is 13.3 Å². The van der Waals surface area contributed by atoms with Crippen LogP contribution in [-0.4, -0.2) is 60.8 Å². The molecule has 5 heteroatoms. The van der Waals surface area contributed by atoms with Gasteiger partial charge in [0.2, 0.25) is 0 Å². The Kier molecular flexibility index (Phi) is 3.11. The van der Waals surface area contributed by atoms with Gasteiger partial charge in [0.25, 0.3) is 0 Å². The molecular formula is C10H19N3O2. The fourth-order valence-electron chi connectivity index (χ4n) is 2.43. The van der Waals surface area contributed by atoms with Crippen LogP contribution in [0, 0.1) is 0 Å². The Hall–Kier alpha value is -0.810. The largest absolute Gasteiger partial charge is 0.447 e. The number of ether oxygens (including phenoxy) is 1. The summed E-state index contributed by atoms with van der Waals surface area (Å²) in [6.07, 6.45) is 0.854. The Bertz CT molecular complexity index is 247. The highest BCUT2D eigenvalue weighted by molar-refractivity contribution is 5.70. The molecule has 0 aromatic heterocycles. The molecule has 0 aromatic carbocycles. The number of rotatable bonds is 3. The number of likely N-dealkylation sites (N-methyl/N-ethyl adjacent to an activating group) is 1. The Morgan fingerprint density at radius 1 is 1.60 bits per heavy atom. The third-order valence-corrected chi connectivity index (χ3v) is 3.36. The maximum absolute atomic E-state index is 11.6. The fourth-order valence-corrected chi connectivity index (χ4v) is 2.43. The Morgan fingerprint density at radius 2 is 2.40 bits per heavy atom. The van der Waals surface area contributed by atoms with E-state index >= 15 is 0 Å². The Morgan fingerprint density at radius 3 is 3.00 bits per heavy atom. The molecule has 15 heavy (non-hydrogen) atoms. The molecule has 2 N–H and O–H groups in total. The van der Waals surface area contributed by atoms with Crippen LogP contribution >= 0.6 is 0 Å². The second-order valence-electron chi connectivity index (χ2n) is 4.21. The van der Waals surface area contributed by atoms with Crippen molar-refractivity contribution in [3.63, 3.8) is 0 Å². The molecule has 2 aliphatic heterocycles. The molecule has 2 heterocycles. The Balaban J connectivity index is 2.00. The monoisotopic (exact) mass is 213 g/mol. The first-order chi connectivity index (χ1) is 7.26. The molecule has 2 atom stereocenters. The summed E-state index contributed by atoms with van der Waals surface area (Å²) in [5, 5.41) is 0. The first-order valence-electron chi connectivity index (χ1n) is 5.63. The van der Waals surface area contributed by atoms with Gasteiger partial charge in [-0.15, -0.1) is 0 Å². The van der Waals surface area contributed by atoms with Crippen LogP contribution in [0.15, 0.2) is 0 Å². The molecule has 2 saturated heterocycles. The predicted molar refractivity (Wildman–Crippen MR) is 56.5 cm³/mol. The van der Waals surface area contributed by atoms with Gasteiger partial charge in [0, 0.05) is 25.7 Å². The minimum atomic E-state index is -0.187. The van der Waals surface area contributed by atoms with E-state index in [-0.39, 0.29) is 12.1 Å². The number of nitrogens with two attached hydrogens (primary N) is 1. The SMILES string of the molecule is CCN1CCC(N2C(=O)OCC2CN)C1. The summed E-state index contributed by atoms with van der Waals surface area (Å²) in [5.41, 5.74) is 5.63. The lowest BCUT2D eigenvalue weighted by Gasteiger charge is -2.26. The summed E-state index contributed by atoms with van der Waals surface area (Å²) in [6.45, 7) is 6.18. The zero-order valence-electron chi connectivity index (χ0n) is 9.19. The first kappa shape index (κ1) is 10.7. The van der Waals surface area contributed by atoms with E-state index in [2.05, 4.69) is 11.8 Å². The number of amides is 1. The molecule has 5 nitrogen and oxygen atoms in total. The number of nitrogens with zero attached hydrogens (tertiary/aromatic N) is 2. The third-order valence-electron chi connectivity index (χ3n) is 3.36. The molecule has 0 saturated carbocycles. The van der Waals surface area contributed by atoms with Crippen LogP contribution in [0.5, 0.6) is 0 Å². The molecule has 0 radical (unpaired) electrons. The maximum atomic E-state index is 11.6. The minimum absolute atomic E-state index is 0.0827. The maximum Gasteiger partial charge on any atom is 0.410 e. The Labute approximate surface area is 90.1 Å². The number of cyclic esters (lactones) is 1. The van der Waals surface area contributed by atoms with Crippen molar-refractivity contribution in [3.05, 3.63) is 0 Å². The summed E-state index contributed by atoms with van der Waals surface area (Å²) in [7, 11) is 0. The van der Waals surface area contributed by atoms with E-state index in [9.17, 15) is 4.79 Å². The van der Waals surface area contributed by atoms with E-state index in [1.165, 1.54) is 0 Å². The van der Waals surface area contributed by atoms with Crippen LogP contribution < -0.4 is 5.73 Å². The molecule has 2 fully saturated rings. The van der Waals surface area contributed by atoms with Gasteiger partial charge in [-0.25, -0.2) is 4.79 Å². The van der Waals surface area contributed by atoms with Gasteiger partial charge in [-0.1, -0.05) is 6.92 Å². The van der Waals surface area contributed by atoms with Crippen molar-refractivity contribution in [3.8, 4) is 0 Å². The lowest BCUT2D eigenvalue weighted by Crippen LogP contribution is -2.46. The highest BCUT2D eigenvalue weighted by Gasteiger charge is 2.39. The van der Waals surface area contributed by atoms with Crippen molar-refractivity contribution in [1.29, 1.82) is 0 Å². The molecule has 2 aliphatic rings. The van der Waals surface area contributed by atoms with Crippen molar-refractivity contribution in [2.75, 3.05) is 32.8 Å². The van der Waals surface area contributed by atoms with Crippen LogP contribution in [0.25, 0.3) is 0 Å². The first-order valence-corrected chi connectivity index (χ1v) is 5.63. The van der Waals surface area contributed by atoms with E-state index in [1.54, 1.807) is 0 Å². The fraction of sp³-hybridized carbons (Fsp3) is 0.900. The number of hydrogen-bond donors (Lipinski definition) is 1. The second-order valence-corrected chi connectivity index (χ2v) is 4.21. The molecule has 0 aliphatic carbocycles. The van der Waals surface area contributed by atoms with Crippen molar-refractivity contribution in [2.24, 2.45) is 5.73 Å². The van der Waals surface area contributed by atoms with E-state index in [1.807, 2.05) is 4.90 Å². The summed E-state index contributed by atoms with van der Waals surface area (Å²) in [6, 6.07) is 0.382. The van der Waals surface area contributed by atoms with Gasteiger partial charge in [0.05, 0.1) is 6.04 Å². The smallest absolute Gasteiger partial charge is 0.410 e. The standard InChI is InChI=1S/C10H19N3O2/c1-2-12-4-3-8(6-12)13-9(5-11)7-15-10(13)14/h8-9H,2-7,11H2,1H3. The van der Waals surface area contributed by atoms with Crippen molar-refractivity contribution < 1.29 is 9.53 Å². The van der Waals surface area contributed by atoms with E-state index < -0.39 is 0 Å². The van der Waals surface area contributed by atoms with Crippen LogP contribution in [-0.2, 0) is 4.74 Å². The molecule has 2 rings (SSSR count). The van der Waals surface area contributed by atoms with Crippen molar-refractivity contribution >= 4 is 6.09 Å². The van der Waals surface area contributed by atoms with Crippen LogP contribution in [0.3, 0.4) is 0 Å². The van der Waals surface area contributed by atoms with E-state index in [4.69, 9.17) is 10.5 Å². The van der Waals surface area contributed by atoms with Gasteiger partial charge < -0.3 is 15.4 Å². The normalized spacial score (nSPS) is 32.4. The zero-order valence-corrected chi connectivity index (χ0v) is 9.19. The van der Waals surface area contributed by atoms with Gasteiger partial charge >= 0.3 is 6.09 Å². The zero-order chi connectivity index (χ0) is 10.8. The quantitative estimate of drug-likeness (QED) is 0.709. The number of likely N-dealkylation sites (tertiary alicyclic amines) is 1. The van der Waals surface area contributed by atoms with Crippen molar-refractivity contribution in [1.82, 2.24) is 9.80 Å². The molecule has 1 amide bonds. The predicted octanol–water partition coefficient (Wildman–Crippen LogP) is -0.140. The molecule has 0 aromatic rings. The van der Waals surface area contributed by atoms with Gasteiger partial charge in [0.15, 0.2) is 0 Å². The summed E-state index contributed by atoms with van der Waals surface area (Å²) in [4.78, 5) is 15.7. The minimum Gasteiger partial charge on any atom is -0.447 e. The molecule has 0 bridgehead atoms. The molecular weight excluding hydrogens is 194 g/mol. The summed E-state index contributed by atoms with van der Waals surface area (Å²) < 4.78 is 5.04. The van der Waals surface area contributed by atoms with Gasteiger partial charge in [-0.2, -0.15) is 0 Å². The van der Waals surface area contributed by atoms with Gasteiger partial charge in [-0.3, -0.25) is 4.90 Å². The number of hydrogen-bond acceptors (Lipinski definition) is 4. The number of carbonyl (C=O) groups excluding carboxylic acids is 1. The van der Waals surface area contributed by atoms with Gasteiger partial charge in [-0.05, 0) is 13.0 Å².